The summed E-state index contributed by atoms with van der Waals surface area (Å²) in [6.45, 7) is 9.52. The van der Waals surface area contributed by atoms with Crippen LogP contribution in [0.25, 0.3) is 10.9 Å². The number of rotatable bonds is 7. The van der Waals surface area contributed by atoms with E-state index in [2.05, 4.69) is 48.9 Å². The summed E-state index contributed by atoms with van der Waals surface area (Å²) >= 11 is 0. The Morgan fingerprint density at radius 2 is 1.95 bits per heavy atom. The van der Waals surface area contributed by atoms with Crippen LogP contribution in [-0.2, 0) is 6.54 Å². The molecule has 0 spiro atoms. The monoisotopic (exact) mass is 304 g/mol. The lowest BCUT2D eigenvalue weighted by Crippen LogP contribution is -2.39. The van der Waals surface area contributed by atoms with Crippen molar-refractivity contribution in [1.82, 2.24) is 9.88 Å². The average molecular weight is 304 g/mol. The molecule has 4 heteroatoms. The Hall–Kier alpha value is -1.36. The third-order valence-corrected chi connectivity index (χ3v) is 4.54. The van der Waals surface area contributed by atoms with E-state index in [4.69, 9.17) is 0 Å². The first-order valence-electron chi connectivity index (χ1n) is 8.06. The van der Waals surface area contributed by atoms with E-state index in [1.807, 2.05) is 6.92 Å². The summed E-state index contributed by atoms with van der Waals surface area (Å²) in [4.78, 5) is 0. The van der Waals surface area contributed by atoms with E-state index in [0.717, 1.165) is 6.42 Å². The maximum atomic E-state index is 10.3. The summed E-state index contributed by atoms with van der Waals surface area (Å²) in [5.41, 5.74) is 4.91. The molecule has 0 fully saturated rings. The molecule has 0 amide bonds. The first-order valence-corrected chi connectivity index (χ1v) is 8.06. The molecule has 1 heterocycles. The predicted octanol–water partition coefficient (Wildman–Crippen LogP) is 2.29. The van der Waals surface area contributed by atoms with Gasteiger partial charge in [0, 0.05) is 29.2 Å². The fraction of sp³-hybridized carbons (Fsp3) is 0.556. The van der Waals surface area contributed by atoms with Crippen LogP contribution in [-0.4, -0.2) is 40.1 Å². The minimum Gasteiger partial charge on any atom is -0.395 e. The van der Waals surface area contributed by atoms with Gasteiger partial charge in [-0.1, -0.05) is 18.6 Å². The number of hydrogen-bond donors (Lipinski definition) is 3. The SMILES string of the molecule is CC[C@@H](CO)NC[C@@H](O)Cn1c(C)c(C)c2cc(C)ccc21. The molecule has 3 N–H and O–H groups in total. The molecule has 0 aliphatic carbocycles. The second-order valence-electron chi connectivity index (χ2n) is 6.19. The minimum atomic E-state index is -0.476. The largest absolute Gasteiger partial charge is 0.395 e. The van der Waals surface area contributed by atoms with E-state index >= 15 is 0 Å². The first kappa shape index (κ1) is 17.0. The molecule has 2 aromatic rings. The van der Waals surface area contributed by atoms with Gasteiger partial charge in [0.2, 0.25) is 0 Å². The number of aromatic nitrogens is 1. The van der Waals surface area contributed by atoms with Crippen LogP contribution < -0.4 is 5.32 Å². The third-order valence-electron chi connectivity index (χ3n) is 4.54. The molecule has 4 nitrogen and oxygen atoms in total. The van der Waals surface area contributed by atoms with Crippen molar-refractivity contribution in [3.8, 4) is 0 Å². The van der Waals surface area contributed by atoms with Gasteiger partial charge >= 0.3 is 0 Å². The molecule has 1 aromatic heterocycles. The van der Waals surface area contributed by atoms with Crippen molar-refractivity contribution in [2.24, 2.45) is 0 Å². The van der Waals surface area contributed by atoms with Gasteiger partial charge in [-0.2, -0.15) is 0 Å². The molecule has 0 saturated carbocycles. The van der Waals surface area contributed by atoms with Crippen LogP contribution in [0.2, 0.25) is 0 Å². The summed E-state index contributed by atoms with van der Waals surface area (Å²) < 4.78 is 2.19. The van der Waals surface area contributed by atoms with Gasteiger partial charge in [-0.3, -0.25) is 0 Å². The van der Waals surface area contributed by atoms with Gasteiger partial charge in [0.1, 0.15) is 0 Å². The fourth-order valence-corrected chi connectivity index (χ4v) is 2.91. The number of hydrogen-bond acceptors (Lipinski definition) is 3. The normalized spacial score (nSPS) is 14.5. The summed E-state index contributed by atoms with van der Waals surface area (Å²) in [7, 11) is 0. The van der Waals surface area contributed by atoms with Crippen LogP contribution in [0, 0.1) is 20.8 Å². The highest BCUT2D eigenvalue weighted by Gasteiger charge is 2.15. The zero-order valence-corrected chi connectivity index (χ0v) is 14.1. The lowest BCUT2D eigenvalue weighted by molar-refractivity contribution is 0.139. The third kappa shape index (κ3) is 3.51. The predicted molar refractivity (Wildman–Crippen MR) is 91.3 cm³/mol. The van der Waals surface area contributed by atoms with Crippen LogP contribution in [0.5, 0.6) is 0 Å². The van der Waals surface area contributed by atoms with E-state index in [0.29, 0.717) is 13.1 Å². The quantitative estimate of drug-likeness (QED) is 0.735. The number of aliphatic hydroxyl groups excluding tert-OH is 2. The van der Waals surface area contributed by atoms with E-state index in [1.165, 1.54) is 27.7 Å². The highest BCUT2D eigenvalue weighted by Crippen LogP contribution is 2.26. The Labute approximate surface area is 132 Å². The van der Waals surface area contributed by atoms with Crippen LogP contribution in [0.4, 0.5) is 0 Å². The van der Waals surface area contributed by atoms with Crippen molar-refractivity contribution < 1.29 is 10.2 Å². The first-order chi connectivity index (χ1) is 10.5. The van der Waals surface area contributed by atoms with Crippen molar-refractivity contribution in [3.05, 3.63) is 35.0 Å². The van der Waals surface area contributed by atoms with Gasteiger partial charge in [-0.05, 0) is 44.9 Å². The van der Waals surface area contributed by atoms with Crippen molar-refractivity contribution in [2.75, 3.05) is 13.2 Å². The van der Waals surface area contributed by atoms with Gasteiger partial charge in [0.05, 0.1) is 19.3 Å². The van der Waals surface area contributed by atoms with Gasteiger partial charge in [-0.15, -0.1) is 0 Å². The van der Waals surface area contributed by atoms with E-state index in [1.54, 1.807) is 0 Å². The van der Waals surface area contributed by atoms with Crippen LogP contribution in [0.3, 0.4) is 0 Å². The molecular weight excluding hydrogens is 276 g/mol. The number of fused-ring (bicyclic) bond motifs is 1. The molecule has 22 heavy (non-hydrogen) atoms. The molecular formula is C18H28N2O2. The van der Waals surface area contributed by atoms with Crippen LogP contribution >= 0.6 is 0 Å². The molecule has 0 aliphatic rings. The molecule has 0 bridgehead atoms. The van der Waals surface area contributed by atoms with Gasteiger partial charge in [0.25, 0.3) is 0 Å². The Bertz CT molecular complexity index is 630. The Morgan fingerprint density at radius 3 is 2.59 bits per heavy atom. The zero-order chi connectivity index (χ0) is 16.3. The number of aliphatic hydroxyl groups is 2. The van der Waals surface area contributed by atoms with Gasteiger partial charge in [0.15, 0.2) is 0 Å². The molecule has 0 aliphatic heterocycles. The molecule has 122 valence electrons. The van der Waals surface area contributed by atoms with E-state index in [-0.39, 0.29) is 12.6 Å². The summed E-state index contributed by atoms with van der Waals surface area (Å²) in [6.07, 6.45) is 0.378. The average Bonchev–Trinajstić information content (AvgIpc) is 2.73. The Morgan fingerprint density at radius 1 is 1.23 bits per heavy atom. The summed E-state index contributed by atoms with van der Waals surface area (Å²) in [6, 6.07) is 6.51. The fourth-order valence-electron chi connectivity index (χ4n) is 2.91. The lowest BCUT2D eigenvalue weighted by atomic mass is 10.1. The van der Waals surface area contributed by atoms with Crippen LogP contribution in [0.1, 0.15) is 30.2 Å². The zero-order valence-electron chi connectivity index (χ0n) is 14.1. The second kappa shape index (κ2) is 7.27. The Balaban J connectivity index is 2.16. The minimum absolute atomic E-state index is 0.0570. The molecule has 2 atom stereocenters. The van der Waals surface area contributed by atoms with E-state index in [9.17, 15) is 10.2 Å². The number of aryl methyl sites for hydroxylation is 2. The maximum Gasteiger partial charge on any atom is 0.0843 e. The second-order valence-corrected chi connectivity index (χ2v) is 6.19. The smallest absolute Gasteiger partial charge is 0.0843 e. The topological polar surface area (TPSA) is 57.4 Å². The van der Waals surface area contributed by atoms with Gasteiger partial charge < -0.3 is 20.1 Å². The lowest BCUT2D eigenvalue weighted by Gasteiger charge is -2.19. The molecule has 1 aromatic carbocycles. The highest BCUT2D eigenvalue weighted by atomic mass is 16.3. The number of benzene rings is 1. The summed E-state index contributed by atoms with van der Waals surface area (Å²) in [5, 5.41) is 24.0. The van der Waals surface area contributed by atoms with E-state index < -0.39 is 6.10 Å². The van der Waals surface area contributed by atoms with Crippen molar-refractivity contribution in [3.63, 3.8) is 0 Å². The number of nitrogens with zero attached hydrogens (tertiary/aromatic N) is 1. The molecule has 0 radical (unpaired) electrons. The highest BCUT2D eigenvalue weighted by molar-refractivity contribution is 5.85. The molecule has 0 saturated heterocycles. The van der Waals surface area contributed by atoms with Crippen molar-refractivity contribution in [2.45, 2.75) is 52.8 Å². The Kier molecular flexibility index (Phi) is 5.62. The number of nitrogens with one attached hydrogen (secondary N) is 1. The van der Waals surface area contributed by atoms with Crippen LogP contribution in [0.15, 0.2) is 18.2 Å². The van der Waals surface area contributed by atoms with Crippen molar-refractivity contribution >= 4 is 10.9 Å². The van der Waals surface area contributed by atoms with Crippen molar-refractivity contribution in [1.29, 1.82) is 0 Å². The maximum absolute atomic E-state index is 10.3. The van der Waals surface area contributed by atoms with Gasteiger partial charge in [-0.25, -0.2) is 0 Å². The standard InChI is InChI=1S/C18H28N2O2/c1-5-15(11-21)19-9-16(22)10-20-14(4)13(3)17-8-12(2)6-7-18(17)20/h6-8,15-16,19,21-22H,5,9-11H2,1-4H3/t15-,16+/m0/s1. The summed E-state index contributed by atoms with van der Waals surface area (Å²) in [5.74, 6) is 0. The molecule has 2 rings (SSSR count). The molecule has 0 unspecified atom stereocenters.